The molecular formula is C9H15NO5. The Balaban J connectivity index is 2.42. The molecule has 1 amide bonds. The lowest BCUT2D eigenvalue weighted by molar-refractivity contribution is -0.144. The van der Waals surface area contributed by atoms with E-state index in [1.165, 1.54) is 0 Å². The van der Waals surface area contributed by atoms with Crippen molar-refractivity contribution in [2.45, 2.75) is 38.5 Å². The highest BCUT2D eigenvalue weighted by Gasteiger charge is 2.37. The van der Waals surface area contributed by atoms with Crippen LogP contribution in [0.15, 0.2) is 0 Å². The second kappa shape index (κ2) is 4.06. The number of carbonyl (C=O) groups is 2. The molecule has 0 aromatic heterocycles. The summed E-state index contributed by atoms with van der Waals surface area (Å²) >= 11 is 0. The molecule has 0 aromatic carbocycles. The average Bonchev–Trinajstić information content (AvgIpc) is 2.32. The number of carbonyl (C=O) groups excluding carboxylic acids is 2. The summed E-state index contributed by atoms with van der Waals surface area (Å²) in [7, 11) is 0. The van der Waals surface area contributed by atoms with E-state index in [1.54, 1.807) is 20.8 Å². The fourth-order valence-electron chi connectivity index (χ4n) is 1.09. The van der Waals surface area contributed by atoms with E-state index in [1.807, 2.05) is 0 Å². The van der Waals surface area contributed by atoms with E-state index in [0.29, 0.717) is 0 Å². The molecule has 0 unspecified atom stereocenters. The van der Waals surface area contributed by atoms with E-state index >= 15 is 0 Å². The maximum Gasteiger partial charge on any atom is 0.408 e. The molecule has 0 radical (unpaired) electrons. The summed E-state index contributed by atoms with van der Waals surface area (Å²) in [5.74, 6) is -0.726. The van der Waals surface area contributed by atoms with Crippen molar-refractivity contribution in [2.75, 3.05) is 6.61 Å². The van der Waals surface area contributed by atoms with Crippen LogP contribution in [0.3, 0.4) is 0 Å². The third-order valence-corrected chi connectivity index (χ3v) is 1.73. The molecule has 1 aliphatic rings. The predicted molar refractivity (Wildman–Crippen MR) is 50.1 cm³/mol. The van der Waals surface area contributed by atoms with E-state index in [-0.39, 0.29) is 6.61 Å². The number of hydrogen-bond acceptors (Lipinski definition) is 5. The molecule has 15 heavy (non-hydrogen) atoms. The number of ether oxygens (including phenoxy) is 2. The lowest BCUT2D eigenvalue weighted by atomic mass is 10.2. The third kappa shape index (κ3) is 3.39. The minimum Gasteiger partial charge on any atom is -0.461 e. The van der Waals surface area contributed by atoms with Crippen LogP contribution in [-0.4, -0.2) is 41.5 Å². The van der Waals surface area contributed by atoms with Crippen LogP contribution in [0.5, 0.6) is 0 Å². The Kier molecular flexibility index (Phi) is 3.18. The van der Waals surface area contributed by atoms with Gasteiger partial charge in [-0.05, 0) is 20.8 Å². The number of amides is 1. The number of alkyl carbamates (subject to hydrolysis) is 1. The molecule has 0 saturated carbocycles. The Morgan fingerprint density at radius 1 is 1.60 bits per heavy atom. The molecule has 1 aliphatic heterocycles. The van der Waals surface area contributed by atoms with Gasteiger partial charge in [-0.1, -0.05) is 0 Å². The maximum atomic E-state index is 11.3. The number of rotatable bonds is 1. The van der Waals surface area contributed by atoms with Gasteiger partial charge < -0.3 is 19.9 Å². The number of aliphatic hydroxyl groups is 1. The molecule has 2 atom stereocenters. The molecule has 1 fully saturated rings. The first-order valence-corrected chi connectivity index (χ1v) is 4.64. The molecule has 0 spiro atoms. The van der Waals surface area contributed by atoms with E-state index in [0.717, 1.165) is 0 Å². The Morgan fingerprint density at radius 3 is 2.60 bits per heavy atom. The van der Waals surface area contributed by atoms with Gasteiger partial charge in [-0.2, -0.15) is 0 Å². The van der Waals surface area contributed by atoms with Crippen molar-refractivity contribution in [1.29, 1.82) is 0 Å². The molecule has 6 heteroatoms. The lowest BCUT2D eigenvalue weighted by Gasteiger charge is -2.21. The van der Waals surface area contributed by atoms with Gasteiger partial charge in [0, 0.05) is 0 Å². The van der Waals surface area contributed by atoms with Gasteiger partial charge >= 0.3 is 12.1 Å². The third-order valence-electron chi connectivity index (χ3n) is 1.73. The van der Waals surface area contributed by atoms with E-state index in [2.05, 4.69) is 10.1 Å². The Labute approximate surface area is 87.5 Å². The van der Waals surface area contributed by atoms with Crippen molar-refractivity contribution in [2.24, 2.45) is 0 Å². The van der Waals surface area contributed by atoms with Crippen LogP contribution < -0.4 is 5.32 Å². The molecule has 0 aromatic rings. The molecule has 0 aliphatic carbocycles. The van der Waals surface area contributed by atoms with Gasteiger partial charge in [0.05, 0.1) is 0 Å². The van der Waals surface area contributed by atoms with Crippen LogP contribution in [0.1, 0.15) is 20.8 Å². The van der Waals surface area contributed by atoms with Crippen molar-refractivity contribution in [3.63, 3.8) is 0 Å². The van der Waals surface area contributed by atoms with Crippen LogP contribution in [0.25, 0.3) is 0 Å². The Hall–Kier alpha value is -1.30. The summed E-state index contributed by atoms with van der Waals surface area (Å²) in [6, 6.07) is -0.729. The zero-order valence-electron chi connectivity index (χ0n) is 8.94. The first kappa shape index (κ1) is 11.8. The first-order valence-electron chi connectivity index (χ1n) is 4.64. The molecule has 6 nitrogen and oxygen atoms in total. The van der Waals surface area contributed by atoms with Gasteiger partial charge in [-0.3, -0.25) is 0 Å². The topological polar surface area (TPSA) is 84.9 Å². The van der Waals surface area contributed by atoms with Crippen LogP contribution in [0.2, 0.25) is 0 Å². The largest absolute Gasteiger partial charge is 0.461 e. The molecule has 86 valence electrons. The van der Waals surface area contributed by atoms with Crippen molar-refractivity contribution in [3.8, 4) is 0 Å². The lowest BCUT2D eigenvalue weighted by Crippen LogP contribution is -2.45. The van der Waals surface area contributed by atoms with E-state index in [9.17, 15) is 14.7 Å². The highest BCUT2D eigenvalue weighted by atomic mass is 16.6. The summed E-state index contributed by atoms with van der Waals surface area (Å²) in [5, 5.41) is 11.6. The monoisotopic (exact) mass is 217 g/mol. The number of hydrogen-bond donors (Lipinski definition) is 2. The highest BCUT2D eigenvalue weighted by molar-refractivity contribution is 5.79. The van der Waals surface area contributed by atoms with Gasteiger partial charge in [0.1, 0.15) is 18.2 Å². The molecule has 2 N–H and O–H groups in total. The molecular weight excluding hydrogens is 202 g/mol. The van der Waals surface area contributed by atoms with Crippen LogP contribution in [0.4, 0.5) is 4.79 Å². The average molecular weight is 217 g/mol. The molecule has 0 bridgehead atoms. The predicted octanol–water partition coefficient (Wildman–Crippen LogP) is -0.203. The van der Waals surface area contributed by atoms with E-state index in [4.69, 9.17) is 4.74 Å². The zero-order valence-corrected chi connectivity index (χ0v) is 8.94. The maximum absolute atomic E-state index is 11.3. The van der Waals surface area contributed by atoms with Gasteiger partial charge in [0.15, 0.2) is 6.10 Å². The van der Waals surface area contributed by atoms with Crippen LogP contribution in [-0.2, 0) is 14.3 Å². The second-order valence-electron chi connectivity index (χ2n) is 4.33. The Bertz CT molecular complexity index is 270. The minimum absolute atomic E-state index is 0.0285. The van der Waals surface area contributed by atoms with Crippen LogP contribution in [0, 0.1) is 0 Å². The summed E-state index contributed by atoms with van der Waals surface area (Å²) in [5.41, 5.74) is -0.613. The zero-order chi connectivity index (χ0) is 11.6. The molecule has 1 rings (SSSR count). The number of esters is 1. The SMILES string of the molecule is CC(C)(C)OC(=O)N[C@@H]1COC(=O)[C@H]1O. The molecule has 1 heterocycles. The number of aliphatic hydroxyl groups excluding tert-OH is 1. The normalized spacial score (nSPS) is 26.0. The van der Waals surface area contributed by atoms with Crippen molar-refractivity contribution < 1.29 is 24.2 Å². The van der Waals surface area contributed by atoms with Gasteiger partial charge in [-0.25, -0.2) is 9.59 Å². The first-order chi connectivity index (χ1) is 6.79. The summed E-state index contributed by atoms with van der Waals surface area (Å²) < 4.78 is 9.50. The van der Waals surface area contributed by atoms with Gasteiger partial charge in [-0.15, -0.1) is 0 Å². The van der Waals surface area contributed by atoms with Crippen molar-refractivity contribution >= 4 is 12.1 Å². The Morgan fingerprint density at radius 2 is 2.20 bits per heavy atom. The summed E-state index contributed by atoms with van der Waals surface area (Å²) in [6.07, 6.45) is -1.98. The minimum atomic E-state index is -1.31. The number of cyclic esters (lactones) is 1. The highest BCUT2D eigenvalue weighted by Crippen LogP contribution is 2.10. The molecule has 1 saturated heterocycles. The fourth-order valence-corrected chi connectivity index (χ4v) is 1.09. The fraction of sp³-hybridized carbons (Fsp3) is 0.778. The summed E-state index contributed by atoms with van der Waals surface area (Å²) in [6.45, 7) is 5.14. The van der Waals surface area contributed by atoms with E-state index < -0.39 is 29.8 Å². The van der Waals surface area contributed by atoms with Gasteiger partial charge in [0.25, 0.3) is 0 Å². The smallest absolute Gasteiger partial charge is 0.408 e. The van der Waals surface area contributed by atoms with Crippen LogP contribution >= 0.6 is 0 Å². The van der Waals surface area contributed by atoms with Crippen molar-refractivity contribution in [1.82, 2.24) is 5.32 Å². The second-order valence-corrected chi connectivity index (χ2v) is 4.33. The number of nitrogens with one attached hydrogen (secondary N) is 1. The van der Waals surface area contributed by atoms with Gasteiger partial charge in [0.2, 0.25) is 0 Å². The van der Waals surface area contributed by atoms with Crippen molar-refractivity contribution in [3.05, 3.63) is 0 Å². The standard InChI is InChI=1S/C9H15NO5/c1-9(2,3)15-8(13)10-5-4-14-7(12)6(5)11/h5-6,11H,4H2,1-3H3,(H,10,13)/t5-,6+/m1/s1. The quantitative estimate of drug-likeness (QED) is 0.594. The summed E-state index contributed by atoms with van der Waals surface area (Å²) in [4.78, 5) is 22.0.